The molecule has 0 aliphatic heterocycles. The molecule has 1 atom stereocenters. The van der Waals surface area contributed by atoms with Crippen molar-refractivity contribution in [3.05, 3.63) is 23.8 Å². The van der Waals surface area contributed by atoms with E-state index < -0.39 is 21.0 Å². The zero-order valence-electron chi connectivity index (χ0n) is 12.4. The molecule has 5 nitrogen and oxygen atoms in total. The van der Waals surface area contributed by atoms with Crippen molar-refractivity contribution in [3.63, 3.8) is 0 Å². The minimum absolute atomic E-state index is 0.370. The first-order valence-electron chi connectivity index (χ1n) is 7.22. The summed E-state index contributed by atoms with van der Waals surface area (Å²) in [7, 11) is -3.42. The van der Waals surface area contributed by atoms with Crippen LogP contribution in [0.5, 0.6) is 0 Å². The number of nitrogens with one attached hydrogen (secondary N) is 1. The molecule has 1 aliphatic rings. The van der Waals surface area contributed by atoms with Crippen molar-refractivity contribution in [2.75, 3.05) is 11.1 Å². The minimum atomic E-state index is -3.42. The summed E-state index contributed by atoms with van der Waals surface area (Å²) in [5, 5.41) is 1.29. The number of nitrogens with two attached hydrogens (primary N) is 1. The molecular formula is C15H22N2O3S. The Labute approximate surface area is 125 Å². The van der Waals surface area contributed by atoms with E-state index in [2.05, 4.69) is 5.32 Å². The number of benzene rings is 1. The molecule has 0 heterocycles. The number of hydrogen-bond acceptors (Lipinski definition) is 4. The summed E-state index contributed by atoms with van der Waals surface area (Å²) in [4.78, 5) is 12.2. The number of hydrogen-bond donors (Lipinski definition) is 2. The van der Waals surface area contributed by atoms with E-state index in [1.54, 1.807) is 18.2 Å². The molecule has 2 rings (SSSR count). The van der Waals surface area contributed by atoms with Crippen LogP contribution in [-0.2, 0) is 14.6 Å². The number of carbonyl (C=O) groups excluding carboxylic acids is 1. The van der Waals surface area contributed by atoms with Gasteiger partial charge < -0.3 is 11.1 Å². The number of rotatable bonds is 4. The predicted molar refractivity (Wildman–Crippen MR) is 84.9 cm³/mol. The fourth-order valence-corrected chi connectivity index (χ4v) is 4.64. The highest BCUT2D eigenvalue weighted by Crippen LogP contribution is 2.28. The SMILES string of the molecule is Cc1cc(N)ccc1NC(=O)C(C)S(=O)(=O)C1CCCC1. The van der Waals surface area contributed by atoms with Gasteiger partial charge in [0.15, 0.2) is 9.84 Å². The van der Waals surface area contributed by atoms with Crippen molar-refractivity contribution in [2.45, 2.75) is 50.0 Å². The third-order valence-electron chi connectivity index (χ3n) is 4.14. The summed E-state index contributed by atoms with van der Waals surface area (Å²) in [6.07, 6.45) is 3.19. The first-order chi connectivity index (χ1) is 9.82. The van der Waals surface area contributed by atoms with Crippen molar-refractivity contribution in [2.24, 2.45) is 0 Å². The number of aryl methyl sites for hydroxylation is 1. The van der Waals surface area contributed by atoms with E-state index >= 15 is 0 Å². The Morgan fingerprint density at radius 2 is 1.95 bits per heavy atom. The molecule has 3 N–H and O–H groups in total. The van der Waals surface area contributed by atoms with E-state index in [4.69, 9.17) is 5.73 Å². The Kier molecular flexibility index (Phi) is 4.56. The lowest BCUT2D eigenvalue weighted by Gasteiger charge is -2.18. The highest BCUT2D eigenvalue weighted by molar-refractivity contribution is 7.93. The molecule has 1 fully saturated rings. The van der Waals surface area contributed by atoms with Gasteiger partial charge in [-0.2, -0.15) is 0 Å². The molecule has 0 spiro atoms. The van der Waals surface area contributed by atoms with Crippen LogP contribution in [0, 0.1) is 6.92 Å². The molecule has 1 unspecified atom stereocenters. The third kappa shape index (κ3) is 3.37. The molecule has 0 radical (unpaired) electrons. The predicted octanol–water partition coefficient (Wildman–Crippen LogP) is 2.26. The lowest BCUT2D eigenvalue weighted by molar-refractivity contribution is -0.115. The molecule has 21 heavy (non-hydrogen) atoms. The van der Waals surface area contributed by atoms with Crippen molar-refractivity contribution < 1.29 is 13.2 Å². The molecule has 0 aromatic heterocycles. The zero-order valence-corrected chi connectivity index (χ0v) is 13.2. The average Bonchev–Trinajstić information content (AvgIpc) is 2.95. The summed E-state index contributed by atoms with van der Waals surface area (Å²) in [5.74, 6) is -0.477. The normalized spacial score (nSPS) is 17.6. The summed E-state index contributed by atoms with van der Waals surface area (Å²) >= 11 is 0. The van der Waals surface area contributed by atoms with Gasteiger partial charge in [-0.15, -0.1) is 0 Å². The first-order valence-corrected chi connectivity index (χ1v) is 8.83. The van der Waals surface area contributed by atoms with Gasteiger partial charge in [0, 0.05) is 11.4 Å². The Morgan fingerprint density at radius 1 is 1.33 bits per heavy atom. The topological polar surface area (TPSA) is 89.3 Å². The van der Waals surface area contributed by atoms with Gasteiger partial charge in [-0.1, -0.05) is 12.8 Å². The van der Waals surface area contributed by atoms with Crippen LogP contribution < -0.4 is 11.1 Å². The zero-order chi connectivity index (χ0) is 15.6. The Morgan fingerprint density at radius 3 is 2.52 bits per heavy atom. The number of anilines is 2. The van der Waals surface area contributed by atoms with Gasteiger partial charge in [-0.05, 0) is 50.5 Å². The fourth-order valence-electron chi connectivity index (χ4n) is 2.72. The molecule has 1 aliphatic carbocycles. The van der Waals surface area contributed by atoms with Crippen LogP contribution in [0.2, 0.25) is 0 Å². The summed E-state index contributed by atoms with van der Waals surface area (Å²) in [6, 6.07) is 5.11. The maximum atomic E-state index is 12.4. The van der Waals surface area contributed by atoms with Gasteiger partial charge in [-0.3, -0.25) is 4.79 Å². The smallest absolute Gasteiger partial charge is 0.242 e. The van der Waals surface area contributed by atoms with Gasteiger partial charge in [0.25, 0.3) is 0 Å². The quantitative estimate of drug-likeness (QED) is 0.835. The van der Waals surface area contributed by atoms with Crippen LogP contribution in [0.3, 0.4) is 0 Å². The summed E-state index contributed by atoms with van der Waals surface area (Å²) < 4.78 is 24.8. The van der Waals surface area contributed by atoms with Gasteiger partial charge in [-0.25, -0.2) is 8.42 Å². The van der Waals surface area contributed by atoms with Gasteiger partial charge in [0.1, 0.15) is 5.25 Å². The Bertz CT molecular complexity index is 634. The maximum Gasteiger partial charge on any atom is 0.242 e. The third-order valence-corrected chi connectivity index (χ3v) is 6.74. The molecular weight excluding hydrogens is 288 g/mol. The van der Waals surface area contributed by atoms with Crippen LogP contribution in [0.25, 0.3) is 0 Å². The van der Waals surface area contributed by atoms with Gasteiger partial charge in [0.05, 0.1) is 5.25 Å². The average molecular weight is 310 g/mol. The molecule has 6 heteroatoms. The monoisotopic (exact) mass is 310 g/mol. The van der Waals surface area contributed by atoms with Crippen LogP contribution >= 0.6 is 0 Å². The molecule has 1 saturated carbocycles. The van der Waals surface area contributed by atoms with E-state index in [0.29, 0.717) is 24.2 Å². The lowest BCUT2D eigenvalue weighted by atomic mass is 10.2. The minimum Gasteiger partial charge on any atom is -0.399 e. The number of sulfone groups is 1. The van der Waals surface area contributed by atoms with Crippen LogP contribution in [-0.4, -0.2) is 24.8 Å². The van der Waals surface area contributed by atoms with Crippen molar-refractivity contribution in [1.29, 1.82) is 0 Å². The molecule has 1 aromatic carbocycles. The van der Waals surface area contributed by atoms with Crippen LogP contribution in [0.15, 0.2) is 18.2 Å². The highest BCUT2D eigenvalue weighted by Gasteiger charge is 2.37. The summed E-state index contributed by atoms with van der Waals surface area (Å²) in [5.41, 5.74) is 7.68. The van der Waals surface area contributed by atoms with Crippen LogP contribution in [0.1, 0.15) is 38.2 Å². The Hall–Kier alpha value is -1.56. The van der Waals surface area contributed by atoms with Crippen molar-refractivity contribution in [3.8, 4) is 0 Å². The largest absolute Gasteiger partial charge is 0.399 e. The highest BCUT2D eigenvalue weighted by atomic mass is 32.2. The van der Waals surface area contributed by atoms with E-state index in [-0.39, 0.29) is 5.25 Å². The lowest BCUT2D eigenvalue weighted by Crippen LogP contribution is -2.37. The number of amides is 1. The van der Waals surface area contributed by atoms with Crippen molar-refractivity contribution in [1.82, 2.24) is 0 Å². The van der Waals surface area contributed by atoms with Gasteiger partial charge in [0.2, 0.25) is 5.91 Å². The van der Waals surface area contributed by atoms with E-state index in [0.717, 1.165) is 18.4 Å². The van der Waals surface area contributed by atoms with E-state index in [9.17, 15) is 13.2 Å². The second kappa shape index (κ2) is 6.05. The van der Waals surface area contributed by atoms with Crippen molar-refractivity contribution >= 4 is 27.1 Å². The maximum absolute atomic E-state index is 12.4. The Balaban J connectivity index is 2.12. The van der Waals surface area contributed by atoms with E-state index in [1.165, 1.54) is 6.92 Å². The fraction of sp³-hybridized carbons (Fsp3) is 0.533. The molecule has 1 amide bonds. The van der Waals surface area contributed by atoms with Gasteiger partial charge >= 0.3 is 0 Å². The second-order valence-electron chi connectivity index (χ2n) is 5.70. The second-order valence-corrected chi connectivity index (χ2v) is 8.25. The van der Waals surface area contributed by atoms with E-state index in [1.807, 2.05) is 6.92 Å². The molecule has 116 valence electrons. The molecule has 1 aromatic rings. The standard InChI is InChI=1S/C15H22N2O3S/c1-10-9-12(16)7-8-14(10)17-15(18)11(2)21(19,20)13-5-3-4-6-13/h7-9,11,13H,3-6,16H2,1-2H3,(H,17,18). The number of nitrogen functional groups attached to an aromatic ring is 1. The number of carbonyl (C=O) groups is 1. The molecule has 0 saturated heterocycles. The first kappa shape index (κ1) is 15.8. The summed E-state index contributed by atoms with van der Waals surface area (Å²) in [6.45, 7) is 3.29. The molecule has 0 bridgehead atoms. The van der Waals surface area contributed by atoms with Crippen LogP contribution in [0.4, 0.5) is 11.4 Å².